The number of rotatable bonds is 4. The van der Waals surface area contributed by atoms with Crippen LogP contribution in [0.1, 0.15) is 60.8 Å². The van der Waals surface area contributed by atoms with Gasteiger partial charge in [0, 0.05) is 12.4 Å². The molecule has 4 rings (SSSR count). The Balaban J connectivity index is 1.63. The average Bonchev–Trinajstić information content (AvgIpc) is 3.26. The zero-order valence-corrected chi connectivity index (χ0v) is 15.2. The lowest BCUT2D eigenvalue weighted by Crippen LogP contribution is -2.15. The number of nitrogens with one attached hydrogen (secondary N) is 1. The normalized spacial score (nSPS) is 15.6. The van der Waals surface area contributed by atoms with Crippen molar-refractivity contribution >= 4 is 28.8 Å². The number of aromatic nitrogens is 4. The Bertz CT molecular complexity index is 977. The van der Waals surface area contributed by atoms with Crippen molar-refractivity contribution in [3.8, 4) is 0 Å². The van der Waals surface area contributed by atoms with E-state index in [1.807, 2.05) is 0 Å². The Labute approximate surface area is 159 Å². The minimum Gasteiger partial charge on any atom is -0.318 e. The molecule has 0 saturated heterocycles. The summed E-state index contributed by atoms with van der Waals surface area (Å²) in [5, 5.41) is 7.05. The molecule has 0 radical (unpaired) electrons. The van der Waals surface area contributed by atoms with Crippen LogP contribution in [-0.2, 0) is 0 Å². The molecular formula is C18H18ClF2N5O. The number of carbonyl (C=O) groups is 1. The average molecular weight is 394 g/mol. The number of nitrogens with zero attached hydrogens (tertiary/aromatic N) is 4. The third-order valence-corrected chi connectivity index (χ3v) is 5.09. The van der Waals surface area contributed by atoms with Gasteiger partial charge < -0.3 is 5.32 Å². The van der Waals surface area contributed by atoms with Crippen molar-refractivity contribution in [3.63, 3.8) is 0 Å². The molecular weight excluding hydrogens is 376 g/mol. The second kappa shape index (κ2) is 7.26. The topological polar surface area (TPSA) is 64.2 Å². The molecule has 0 bridgehead atoms. The summed E-state index contributed by atoms with van der Waals surface area (Å²) in [6.45, 7) is 0. The number of carbonyl (C=O) groups excluding carboxylic acids is 1. The zero-order chi connectivity index (χ0) is 19.0. The van der Waals surface area contributed by atoms with Gasteiger partial charge in [-0.05, 0) is 25.0 Å². The fraction of sp³-hybridized carbons (Fsp3) is 0.389. The van der Waals surface area contributed by atoms with Crippen LogP contribution in [0, 0.1) is 0 Å². The highest BCUT2D eigenvalue weighted by Crippen LogP contribution is 2.32. The first kappa shape index (κ1) is 17.9. The molecule has 3 aromatic rings. The standard InChI is InChI=1S/C18H18ClF2N5O/c19-11-6-7-15-22-8-14(25(15)9-11)18(27)23-13-10-26(24-16(13)17(20)21)12-4-2-1-3-5-12/h6-10,12,17H,1-5H2,(H,23,27). The van der Waals surface area contributed by atoms with E-state index in [-0.39, 0.29) is 17.4 Å². The number of hydrogen-bond donors (Lipinski definition) is 1. The number of fused-ring (bicyclic) bond motifs is 1. The third kappa shape index (κ3) is 3.53. The summed E-state index contributed by atoms with van der Waals surface area (Å²) in [5.74, 6) is -0.546. The third-order valence-electron chi connectivity index (χ3n) is 4.87. The summed E-state index contributed by atoms with van der Waals surface area (Å²) in [7, 11) is 0. The van der Waals surface area contributed by atoms with Gasteiger partial charge in [-0.15, -0.1) is 0 Å². The van der Waals surface area contributed by atoms with Crippen molar-refractivity contribution in [3.05, 3.63) is 47.1 Å². The summed E-state index contributed by atoms with van der Waals surface area (Å²) in [6.07, 6.45) is 6.74. The van der Waals surface area contributed by atoms with E-state index in [0.717, 1.165) is 32.1 Å². The van der Waals surface area contributed by atoms with Crippen molar-refractivity contribution < 1.29 is 13.6 Å². The van der Waals surface area contributed by atoms with Gasteiger partial charge in [-0.25, -0.2) is 13.8 Å². The van der Waals surface area contributed by atoms with E-state index >= 15 is 0 Å². The smallest absolute Gasteiger partial charge is 0.284 e. The predicted octanol–water partition coefficient (Wildman–Crippen LogP) is 4.88. The van der Waals surface area contributed by atoms with Gasteiger partial charge in [0.25, 0.3) is 12.3 Å². The monoisotopic (exact) mass is 393 g/mol. The van der Waals surface area contributed by atoms with E-state index in [1.54, 1.807) is 23.0 Å². The maximum absolute atomic E-state index is 13.4. The molecule has 6 nitrogen and oxygen atoms in total. The zero-order valence-electron chi connectivity index (χ0n) is 14.4. The summed E-state index contributed by atoms with van der Waals surface area (Å²) in [6, 6.07) is 3.43. The molecule has 1 saturated carbocycles. The van der Waals surface area contributed by atoms with Crippen LogP contribution in [0.15, 0.2) is 30.7 Å². The van der Waals surface area contributed by atoms with E-state index in [9.17, 15) is 13.6 Å². The van der Waals surface area contributed by atoms with Crippen molar-refractivity contribution in [1.82, 2.24) is 19.2 Å². The lowest BCUT2D eigenvalue weighted by molar-refractivity contribution is 0.102. The number of halogens is 3. The fourth-order valence-electron chi connectivity index (χ4n) is 3.50. The first-order chi connectivity index (χ1) is 13.0. The minimum atomic E-state index is -2.78. The van der Waals surface area contributed by atoms with Gasteiger partial charge in [0.1, 0.15) is 11.3 Å². The number of pyridine rings is 1. The van der Waals surface area contributed by atoms with Gasteiger partial charge in [0.15, 0.2) is 5.69 Å². The van der Waals surface area contributed by atoms with Gasteiger partial charge >= 0.3 is 0 Å². The van der Waals surface area contributed by atoms with E-state index < -0.39 is 18.0 Å². The van der Waals surface area contributed by atoms with Crippen molar-refractivity contribution in [2.45, 2.75) is 44.6 Å². The highest BCUT2D eigenvalue weighted by molar-refractivity contribution is 6.30. The molecule has 3 aromatic heterocycles. The Kier molecular flexibility index (Phi) is 4.82. The largest absolute Gasteiger partial charge is 0.318 e. The summed E-state index contributed by atoms with van der Waals surface area (Å²) >= 11 is 5.98. The number of alkyl halides is 2. The maximum atomic E-state index is 13.4. The van der Waals surface area contributed by atoms with Crippen LogP contribution in [0.2, 0.25) is 5.02 Å². The van der Waals surface area contributed by atoms with Gasteiger partial charge in [-0.3, -0.25) is 13.9 Å². The molecule has 0 atom stereocenters. The van der Waals surface area contributed by atoms with Gasteiger partial charge in [-0.1, -0.05) is 30.9 Å². The van der Waals surface area contributed by atoms with Crippen LogP contribution in [-0.4, -0.2) is 25.1 Å². The van der Waals surface area contributed by atoms with E-state index in [4.69, 9.17) is 11.6 Å². The molecule has 1 aliphatic rings. The summed E-state index contributed by atoms with van der Waals surface area (Å²) in [4.78, 5) is 16.8. The van der Waals surface area contributed by atoms with Crippen molar-refractivity contribution in [1.29, 1.82) is 0 Å². The van der Waals surface area contributed by atoms with Gasteiger partial charge in [0.2, 0.25) is 0 Å². The number of imidazole rings is 1. The van der Waals surface area contributed by atoms with Gasteiger partial charge in [0.05, 0.1) is 22.9 Å². The molecule has 0 unspecified atom stereocenters. The van der Waals surface area contributed by atoms with Crippen LogP contribution in [0.5, 0.6) is 0 Å². The van der Waals surface area contributed by atoms with Crippen LogP contribution in [0.25, 0.3) is 5.65 Å². The molecule has 0 spiro atoms. The fourth-order valence-corrected chi connectivity index (χ4v) is 3.67. The predicted molar refractivity (Wildman–Crippen MR) is 97.5 cm³/mol. The van der Waals surface area contributed by atoms with Crippen molar-refractivity contribution in [2.75, 3.05) is 5.32 Å². The van der Waals surface area contributed by atoms with E-state index in [1.165, 1.54) is 16.8 Å². The number of amides is 1. The van der Waals surface area contributed by atoms with Crippen molar-refractivity contribution in [2.24, 2.45) is 0 Å². The Hall–Kier alpha value is -2.48. The lowest BCUT2D eigenvalue weighted by atomic mass is 9.96. The molecule has 1 N–H and O–H groups in total. The van der Waals surface area contributed by atoms with E-state index in [0.29, 0.717) is 10.7 Å². The molecule has 0 aliphatic heterocycles. The Morgan fingerprint density at radius 1 is 1.22 bits per heavy atom. The second-order valence-corrected chi connectivity index (χ2v) is 7.11. The molecule has 142 valence electrons. The number of anilines is 1. The molecule has 1 fully saturated rings. The first-order valence-corrected chi connectivity index (χ1v) is 9.22. The summed E-state index contributed by atoms with van der Waals surface area (Å²) < 4.78 is 30.0. The van der Waals surface area contributed by atoms with Crippen LogP contribution in [0.4, 0.5) is 14.5 Å². The Morgan fingerprint density at radius 3 is 2.74 bits per heavy atom. The molecule has 0 aromatic carbocycles. The molecule has 3 heterocycles. The van der Waals surface area contributed by atoms with Crippen LogP contribution in [0.3, 0.4) is 0 Å². The number of hydrogen-bond acceptors (Lipinski definition) is 3. The molecule has 9 heteroatoms. The summed E-state index contributed by atoms with van der Waals surface area (Å²) in [5.41, 5.74) is 0.355. The molecule has 1 aliphatic carbocycles. The highest BCUT2D eigenvalue weighted by atomic mass is 35.5. The Morgan fingerprint density at radius 2 is 2.00 bits per heavy atom. The van der Waals surface area contributed by atoms with Crippen LogP contribution < -0.4 is 5.32 Å². The lowest BCUT2D eigenvalue weighted by Gasteiger charge is -2.21. The maximum Gasteiger partial charge on any atom is 0.284 e. The SMILES string of the molecule is O=C(Nc1cn(C2CCCCC2)nc1C(F)F)c1cnc2ccc(Cl)cn12. The van der Waals surface area contributed by atoms with E-state index in [2.05, 4.69) is 15.4 Å². The molecule has 27 heavy (non-hydrogen) atoms. The second-order valence-electron chi connectivity index (χ2n) is 6.67. The first-order valence-electron chi connectivity index (χ1n) is 8.84. The highest BCUT2D eigenvalue weighted by Gasteiger charge is 2.25. The van der Waals surface area contributed by atoms with Gasteiger partial charge in [-0.2, -0.15) is 5.10 Å². The van der Waals surface area contributed by atoms with Crippen LogP contribution >= 0.6 is 11.6 Å². The molecule has 1 amide bonds. The minimum absolute atomic E-state index is 0.0255. The quantitative estimate of drug-likeness (QED) is 0.687.